The summed E-state index contributed by atoms with van der Waals surface area (Å²) >= 11 is 0. The molecule has 0 aliphatic carbocycles. The first-order chi connectivity index (χ1) is 9.10. The van der Waals surface area contributed by atoms with E-state index >= 15 is 0 Å². The molecular weight excluding hydrogens is 256 g/mol. The van der Waals surface area contributed by atoms with Gasteiger partial charge in [0.2, 0.25) is 0 Å². The van der Waals surface area contributed by atoms with Crippen LogP contribution in [0.3, 0.4) is 0 Å². The first-order valence-electron chi connectivity index (χ1n) is 6.05. The van der Waals surface area contributed by atoms with Crippen molar-refractivity contribution in [2.75, 3.05) is 0 Å². The van der Waals surface area contributed by atoms with Gasteiger partial charge in [-0.1, -0.05) is 46.4 Å². The Hall–Kier alpha value is -1.87. The minimum Gasteiger partial charge on any atom is -0.288 e. The number of carbonyl (C=O) groups excluding carboxylic acids is 2. The lowest BCUT2D eigenvalue weighted by atomic mass is 10.4. The van der Waals surface area contributed by atoms with Crippen molar-refractivity contribution in [3.05, 3.63) is 60.7 Å². The van der Waals surface area contributed by atoms with Gasteiger partial charge in [-0.25, -0.2) is 0 Å². The normalized spacial score (nSPS) is 11.9. The average molecular weight is 272 g/mol. The molecular formula is C16H16O2S. The Kier molecular flexibility index (Phi) is 3.86. The van der Waals surface area contributed by atoms with Gasteiger partial charge in [0, 0.05) is 23.6 Å². The standard InChI is InChI=1S/C16H16O2S/c1-13(17)19(14(2)18,15-9-5-3-6-10-15)16-11-7-4-8-12-16/h3-12H,1-2H3. The Morgan fingerprint density at radius 2 is 1.00 bits per heavy atom. The minimum atomic E-state index is -2.26. The Balaban J connectivity index is 2.77. The van der Waals surface area contributed by atoms with Gasteiger partial charge >= 0.3 is 0 Å². The van der Waals surface area contributed by atoms with E-state index in [0.717, 1.165) is 9.79 Å². The van der Waals surface area contributed by atoms with Gasteiger partial charge in [-0.3, -0.25) is 9.59 Å². The molecule has 2 aromatic carbocycles. The largest absolute Gasteiger partial charge is 0.288 e. The minimum absolute atomic E-state index is 0.0719. The molecule has 98 valence electrons. The van der Waals surface area contributed by atoms with Crippen molar-refractivity contribution in [3.63, 3.8) is 0 Å². The maximum absolute atomic E-state index is 12.3. The molecule has 0 bridgehead atoms. The van der Waals surface area contributed by atoms with Crippen molar-refractivity contribution in [2.24, 2.45) is 0 Å². The Morgan fingerprint density at radius 1 is 0.684 bits per heavy atom. The molecule has 0 aliphatic heterocycles. The molecule has 0 fully saturated rings. The first-order valence-corrected chi connectivity index (χ1v) is 7.68. The summed E-state index contributed by atoms with van der Waals surface area (Å²) in [4.78, 5) is 26.3. The van der Waals surface area contributed by atoms with Gasteiger partial charge < -0.3 is 0 Å². The van der Waals surface area contributed by atoms with Crippen LogP contribution in [0.2, 0.25) is 0 Å². The predicted molar refractivity (Wildman–Crippen MR) is 78.4 cm³/mol. The summed E-state index contributed by atoms with van der Waals surface area (Å²) in [5, 5.41) is -0.144. The fourth-order valence-electron chi connectivity index (χ4n) is 2.25. The van der Waals surface area contributed by atoms with E-state index in [0.29, 0.717) is 0 Å². The molecule has 0 aliphatic rings. The summed E-state index contributed by atoms with van der Waals surface area (Å²) < 4.78 is 0. The molecule has 0 N–H and O–H groups in total. The Bertz CT molecular complexity index is 535. The number of rotatable bonds is 2. The van der Waals surface area contributed by atoms with Crippen LogP contribution < -0.4 is 0 Å². The Morgan fingerprint density at radius 3 is 1.26 bits per heavy atom. The number of benzene rings is 2. The van der Waals surface area contributed by atoms with E-state index in [9.17, 15) is 9.59 Å². The molecule has 2 aromatic rings. The molecule has 0 spiro atoms. The molecule has 3 heteroatoms. The van der Waals surface area contributed by atoms with Crippen LogP contribution in [0.15, 0.2) is 70.5 Å². The van der Waals surface area contributed by atoms with Crippen molar-refractivity contribution in [1.82, 2.24) is 0 Å². The van der Waals surface area contributed by atoms with Crippen LogP contribution in [0.4, 0.5) is 0 Å². The van der Waals surface area contributed by atoms with Crippen LogP contribution in [-0.4, -0.2) is 10.2 Å². The molecule has 0 atom stereocenters. The SMILES string of the molecule is CC(=O)S(C(C)=O)(c1ccccc1)c1ccccc1. The third-order valence-corrected chi connectivity index (χ3v) is 6.74. The first kappa shape index (κ1) is 13.6. The molecule has 0 amide bonds. The van der Waals surface area contributed by atoms with Crippen LogP contribution in [0.1, 0.15) is 13.8 Å². The van der Waals surface area contributed by atoms with Gasteiger partial charge in [0.1, 0.15) is 0 Å². The maximum atomic E-state index is 12.3. The average Bonchev–Trinajstić information content (AvgIpc) is 2.41. The maximum Gasteiger partial charge on any atom is 0.183 e. The van der Waals surface area contributed by atoms with Crippen LogP contribution in [-0.2, 0) is 9.59 Å². The highest BCUT2D eigenvalue weighted by molar-refractivity contribution is 8.55. The summed E-state index contributed by atoms with van der Waals surface area (Å²) in [6.07, 6.45) is 0. The van der Waals surface area contributed by atoms with E-state index < -0.39 is 10.0 Å². The third-order valence-electron chi connectivity index (χ3n) is 3.06. The van der Waals surface area contributed by atoms with E-state index in [-0.39, 0.29) is 10.2 Å². The summed E-state index contributed by atoms with van der Waals surface area (Å²) in [6, 6.07) is 18.7. The second-order valence-electron chi connectivity index (χ2n) is 4.22. The molecule has 19 heavy (non-hydrogen) atoms. The smallest absolute Gasteiger partial charge is 0.183 e. The lowest BCUT2D eigenvalue weighted by Gasteiger charge is -2.35. The number of hydrogen-bond acceptors (Lipinski definition) is 2. The summed E-state index contributed by atoms with van der Waals surface area (Å²) in [5.74, 6) is 0. The quantitative estimate of drug-likeness (QED) is 0.828. The number of carbonyl (C=O) groups is 2. The number of hydrogen-bond donors (Lipinski definition) is 0. The molecule has 2 rings (SSSR count). The van der Waals surface area contributed by atoms with E-state index in [1.807, 2.05) is 60.7 Å². The predicted octanol–water partition coefficient (Wildman–Crippen LogP) is 4.00. The zero-order chi connectivity index (χ0) is 13.9. The van der Waals surface area contributed by atoms with Crippen LogP contribution in [0, 0.1) is 0 Å². The third kappa shape index (κ3) is 2.22. The highest BCUT2D eigenvalue weighted by atomic mass is 32.3. The van der Waals surface area contributed by atoms with Crippen molar-refractivity contribution in [1.29, 1.82) is 0 Å². The van der Waals surface area contributed by atoms with Gasteiger partial charge in [-0.15, -0.1) is 0 Å². The van der Waals surface area contributed by atoms with E-state index in [2.05, 4.69) is 0 Å². The fourth-order valence-corrected chi connectivity index (χ4v) is 5.39. The van der Waals surface area contributed by atoms with Gasteiger partial charge in [0.25, 0.3) is 0 Å². The van der Waals surface area contributed by atoms with Crippen LogP contribution in [0.5, 0.6) is 0 Å². The van der Waals surface area contributed by atoms with Crippen LogP contribution >= 0.6 is 10.0 Å². The Labute approximate surface area is 114 Å². The lowest BCUT2D eigenvalue weighted by Crippen LogP contribution is -2.18. The molecule has 0 aromatic heterocycles. The summed E-state index contributed by atoms with van der Waals surface area (Å²) in [7, 11) is -2.26. The van der Waals surface area contributed by atoms with Crippen LogP contribution in [0.25, 0.3) is 0 Å². The zero-order valence-corrected chi connectivity index (χ0v) is 11.8. The zero-order valence-electron chi connectivity index (χ0n) is 11.0. The molecule has 0 unspecified atom stereocenters. The molecule has 0 radical (unpaired) electrons. The van der Waals surface area contributed by atoms with Crippen molar-refractivity contribution < 1.29 is 9.59 Å². The topological polar surface area (TPSA) is 34.1 Å². The van der Waals surface area contributed by atoms with E-state index in [1.54, 1.807) is 0 Å². The molecule has 0 saturated carbocycles. The molecule has 0 heterocycles. The van der Waals surface area contributed by atoms with Gasteiger partial charge in [0.15, 0.2) is 10.2 Å². The second kappa shape index (κ2) is 5.41. The fraction of sp³-hybridized carbons (Fsp3) is 0.125. The highest BCUT2D eigenvalue weighted by Gasteiger charge is 2.38. The lowest BCUT2D eigenvalue weighted by molar-refractivity contribution is -0.112. The monoisotopic (exact) mass is 272 g/mol. The summed E-state index contributed by atoms with van der Waals surface area (Å²) in [6.45, 7) is 3.02. The van der Waals surface area contributed by atoms with Crippen molar-refractivity contribution in [2.45, 2.75) is 23.6 Å². The second-order valence-corrected chi connectivity index (χ2v) is 7.54. The van der Waals surface area contributed by atoms with Gasteiger partial charge in [-0.05, 0) is 24.3 Å². The van der Waals surface area contributed by atoms with Gasteiger partial charge in [0.05, 0.1) is 0 Å². The molecule has 0 saturated heterocycles. The van der Waals surface area contributed by atoms with Crippen molar-refractivity contribution in [3.8, 4) is 0 Å². The molecule has 2 nitrogen and oxygen atoms in total. The van der Waals surface area contributed by atoms with Crippen molar-refractivity contribution >= 4 is 20.3 Å². The van der Waals surface area contributed by atoms with E-state index in [4.69, 9.17) is 0 Å². The summed E-state index contributed by atoms with van der Waals surface area (Å²) in [5.41, 5.74) is 0. The van der Waals surface area contributed by atoms with E-state index in [1.165, 1.54) is 13.8 Å². The van der Waals surface area contributed by atoms with Gasteiger partial charge in [-0.2, -0.15) is 0 Å². The highest BCUT2D eigenvalue weighted by Crippen LogP contribution is 2.63.